The Morgan fingerprint density at radius 3 is 2.87 bits per heavy atom. The first-order valence-electron chi connectivity index (χ1n) is 5.90. The molecule has 0 N–H and O–H groups in total. The van der Waals surface area contributed by atoms with Crippen LogP contribution in [0, 0.1) is 0 Å². The van der Waals surface area contributed by atoms with E-state index in [0.29, 0.717) is 5.92 Å². The Labute approximate surface area is 92.3 Å². The van der Waals surface area contributed by atoms with Crippen molar-refractivity contribution >= 4 is 0 Å². The lowest BCUT2D eigenvalue weighted by Gasteiger charge is -2.27. The van der Waals surface area contributed by atoms with Crippen molar-refractivity contribution in [2.75, 3.05) is 13.1 Å². The van der Waals surface area contributed by atoms with Crippen LogP contribution in [0.5, 0.6) is 0 Å². The fourth-order valence-corrected chi connectivity index (χ4v) is 2.10. The van der Waals surface area contributed by atoms with Gasteiger partial charge < -0.3 is 0 Å². The number of pyridine rings is 1. The number of aromatic nitrogens is 1. The maximum absolute atomic E-state index is 4.52. The lowest BCUT2D eigenvalue weighted by Crippen LogP contribution is -2.30. The molecule has 2 nitrogen and oxygen atoms in total. The Morgan fingerprint density at radius 1 is 1.40 bits per heavy atom. The van der Waals surface area contributed by atoms with Gasteiger partial charge in [-0.1, -0.05) is 20.8 Å². The number of hydrogen-bond acceptors (Lipinski definition) is 2. The second-order valence-electron chi connectivity index (χ2n) is 4.65. The molecule has 15 heavy (non-hydrogen) atoms. The Balaban J connectivity index is 2.26. The summed E-state index contributed by atoms with van der Waals surface area (Å²) < 4.78 is 0. The standard InChI is InChI=1S/C13H20N2/c1-4-15-6-5-11-8-14-13(10(2)3)7-12(11)9-15/h7-8,10H,4-6,9H2,1-3H3. The van der Waals surface area contributed by atoms with Gasteiger partial charge in [0.05, 0.1) is 0 Å². The molecule has 0 unspecified atom stereocenters. The van der Waals surface area contributed by atoms with Crippen LogP contribution in [-0.4, -0.2) is 23.0 Å². The molecule has 82 valence electrons. The van der Waals surface area contributed by atoms with Gasteiger partial charge in [0, 0.05) is 25.0 Å². The van der Waals surface area contributed by atoms with Gasteiger partial charge in [0.1, 0.15) is 0 Å². The summed E-state index contributed by atoms with van der Waals surface area (Å²) >= 11 is 0. The second-order valence-corrected chi connectivity index (χ2v) is 4.65. The van der Waals surface area contributed by atoms with Crippen LogP contribution in [-0.2, 0) is 13.0 Å². The zero-order valence-corrected chi connectivity index (χ0v) is 9.95. The van der Waals surface area contributed by atoms with Gasteiger partial charge in [-0.15, -0.1) is 0 Å². The molecule has 1 aliphatic rings. The van der Waals surface area contributed by atoms with E-state index in [1.165, 1.54) is 23.4 Å². The molecule has 0 aromatic carbocycles. The summed E-state index contributed by atoms with van der Waals surface area (Å²) in [6.45, 7) is 10.1. The third kappa shape index (κ3) is 2.20. The number of hydrogen-bond donors (Lipinski definition) is 0. The second kappa shape index (κ2) is 4.31. The van der Waals surface area contributed by atoms with Crippen molar-refractivity contribution in [3.8, 4) is 0 Å². The van der Waals surface area contributed by atoms with Gasteiger partial charge in [0.25, 0.3) is 0 Å². The number of nitrogens with zero attached hydrogens (tertiary/aromatic N) is 2. The summed E-state index contributed by atoms with van der Waals surface area (Å²) in [5.74, 6) is 0.535. The van der Waals surface area contributed by atoms with E-state index in [0.717, 1.165) is 19.5 Å². The van der Waals surface area contributed by atoms with Crippen molar-refractivity contribution in [3.05, 3.63) is 29.1 Å². The molecule has 2 heterocycles. The summed E-state index contributed by atoms with van der Waals surface area (Å²) in [4.78, 5) is 7.02. The van der Waals surface area contributed by atoms with E-state index < -0.39 is 0 Å². The first-order chi connectivity index (χ1) is 7.20. The lowest BCUT2D eigenvalue weighted by atomic mass is 9.99. The smallest absolute Gasteiger partial charge is 0.0432 e. The molecule has 0 saturated carbocycles. The van der Waals surface area contributed by atoms with Gasteiger partial charge in [-0.25, -0.2) is 0 Å². The highest BCUT2D eigenvalue weighted by atomic mass is 15.1. The SMILES string of the molecule is CCN1CCc2cnc(C(C)C)cc2C1. The van der Waals surface area contributed by atoms with Crippen molar-refractivity contribution in [1.29, 1.82) is 0 Å². The molecule has 0 radical (unpaired) electrons. The summed E-state index contributed by atoms with van der Waals surface area (Å²) in [7, 11) is 0. The average molecular weight is 204 g/mol. The molecule has 1 aliphatic heterocycles. The normalized spacial score (nSPS) is 16.8. The summed E-state index contributed by atoms with van der Waals surface area (Å²) in [6, 6.07) is 2.29. The van der Waals surface area contributed by atoms with Crippen LogP contribution in [0.1, 0.15) is 43.5 Å². The summed E-state index contributed by atoms with van der Waals surface area (Å²) in [5, 5.41) is 0. The van der Waals surface area contributed by atoms with Crippen molar-refractivity contribution < 1.29 is 0 Å². The Hall–Kier alpha value is -0.890. The van der Waals surface area contributed by atoms with E-state index in [4.69, 9.17) is 0 Å². The molecule has 1 aromatic heterocycles. The highest BCUT2D eigenvalue weighted by Gasteiger charge is 2.16. The molecular formula is C13H20N2. The molecule has 0 saturated heterocycles. The fraction of sp³-hybridized carbons (Fsp3) is 0.615. The van der Waals surface area contributed by atoms with Crippen LogP contribution in [0.3, 0.4) is 0 Å². The van der Waals surface area contributed by atoms with Crippen LogP contribution in [0.2, 0.25) is 0 Å². The van der Waals surface area contributed by atoms with Gasteiger partial charge >= 0.3 is 0 Å². The minimum absolute atomic E-state index is 0.535. The van der Waals surface area contributed by atoms with E-state index in [-0.39, 0.29) is 0 Å². The topological polar surface area (TPSA) is 16.1 Å². The molecule has 2 heteroatoms. The van der Waals surface area contributed by atoms with Crippen LogP contribution < -0.4 is 0 Å². The molecular weight excluding hydrogens is 184 g/mol. The van der Waals surface area contributed by atoms with Crippen LogP contribution in [0.15, 0.2) is 12.3 Å². The molecule has 0 aliphatic carbocycles. The van der Waals surface area contributed by atoms with Crippen LogP contribution >= 0.6 is 0 Å². The largest absolute Gasteiger partial charge is 0.299 e. The maximum atomic E-state index is 4.52. The lowest BCUT2D eigenvalue weighted by molar-refractivity contribution is 0.267. The van der Waals surface area contributed by atoms with Gasteiger partial charge in [-0.05, 0) is 36.1 Å². The van der Waals surface area contributed by atoms with E-state index in [1.807, 2.05) is 0 Å². The summed E-state index contributed by atoms with van der Waals surface area (Å²) in [5.41, 5.74) is 4.16. The minimum atomic E-state index is 0.535. The minimum Gasteiger partial charge on any atom is -0.299 e. The molecule has 1 aromatic rings. The predicted molar refractivity (Wildman–Crippen MR) is 63.0 cm³/mol. The van der Waals surface area contributed by atoms with Crippen molar-refractivity contribution in [2.45, 2.75) is 39.7 Å². The predicted octanol–water partition coefficient (Wildman–Crippen LogP) is 2.58. The zero-order chi connectivity index (χ0) is 10.8. The van der Waals surface area contributed by atoms with Gasteiger partial charge in [-0.3, -0.25) is 9.88 Å². The van der Waals surface area contributed by atoms with E-state index in [9.17, 15) is 0 Å². The highest BCUT2D eigenvalue weighted by Crippen LogP contribution is 2.21. The first-order valence-corrected chi connectivity index (χ1v) is 5.90. The molecule has 0 fully saturated rings. The van der Waals surface area contributed by atoms with E-state index in [2.05, 4.69) is 42.9 Å². The molecule has 0 bridgehead atoms. The molecule has 0 spiro atoms. The van der Waals surface area contributed by atoms with Crippen molar-refractivity contribution in [1.82, 2.24) is 9.88 Å². The third-order valence-corrected chi connectivity index (χ3v) is 3.23. The zero-order valence-electron chi connectivity index (χ0n) is 9.95. The van der Waals surface area contributed by atoms with Crippen LogP contribution in [0.4, 0.5) is 0 Å². The van der Waals surface area contributed by atoms with Crippen LogP contribution in [0.25, 0.3) is 0 Å². The monoisotopic (exact) mass is 204 g/mol. The highest BCUT2D eigenvalue weighted by molar-refractivity contribution is 5.29. The number of rotatable bonds is 2. The van der Waals surface area contributed by atoms with Gasteiger partial charge in [-0.2, -0.15) is 0 Å². The Bertz CT molecular complexity index is 344. The molecule has 2 rings (SSSR count). The van der Waals surface area contributed by atoms with Gasteiger partial charge in [0.2, 0.25) is 0 Å². The average Bonchev–Trinajstić information content (AvgIpc) is 2.27. The van der Waals surface area contributed by atoms with Crippen molar-refractivity contribution in [2.24, 2.45) is 0 Å². The fourth-order valence-electron chi connectivity index (χ4n) is 2.10. The number of likely N-dealkylation sites (N-methyl/N-ethyl adjacent to an activating group) is 1. The van der Waals surface area contributed by atoms with Crippen molar-refractivity contribution in [3.63, 3.8) is 0 Å². The Kier molecular flexibility index (Phi) is 3.06. The quantitative estimate of drug-likeness (QED) is 0.736. The van der Waals surface area contributed by atoms with E-state index >= 15 is 0 Å². The third-order valence-electron chi connectivity index (χ3n) is 3.23. The summed E-state index contributed by atoms with van der Waals surface area (Å²) in [6.07, 6.45) is 3.24. The molecule has 0 atom stereocenters. The number of fused-ring (bicyclic) bond motifs is 1. The maximum Gasteiger partial charge on any atom is 0.0432 e. The van der Waals surface area contributed by atoms with Gasteiger partial charge in [0.15, 0.2) is 0 Å². The first kappa shape index (κ1) is 10.6. The Morgan fingerprint density at radius 2 is 2.20 bits per heavy atom. The van der Waals surface area contributed by atoms with E-state index in [1.54, 1.807) is 0 Å². The molecule has 0 amide bonds.